The van der Waals surface area contributed by atoms with Gasteiger partial charge in [-0.1, -0.05) is 19.7 Å². The average Bonchev–Trinajstić information content (AvgIpc) is 2.68. The molecule has 1 aromatic heterocycles. The summed E-state index contributed by atoms with van der Waals surface area (Å²) in [6.45, 7) is 8.33. The lowest BCUT2D eigenvalue weighted by atomic mass is 10.2. The maximum absolute atomic E-state index is 12.7. The topological polar surface area (TPSA) is 178 Å². The van der Waals surface area contributed by atoms with Gasteiger partial charge in [0.2, 0.25) is 0 Å². The molecule has 1 heterocycles. The number of hydrogen-bond donors (Lipinski definition) is 3. The first-order valence-electron chi connectivity index (χ1n) is 8.56. The highest BCUT2D eigenvalue weighted by Gasteiger charge is 2.28. The maximum Gasteiger partial charge on any atom is 0.350 e. The van der Waals surface area contributed by atoms with Crippen molar-refractivity contribution in [2.45, 2.75) is 19.3 Å². The summed E-state index contributed by atoms with van der Waals surface area (Å²) in [5, 5.41) is 26.8. The van der Waals surface area contributed by atoms with Crippen LogP contribution in [0.1, 0.15) is 33.6 Å². The smallest absolute Gasteiger partial charge is 0.350 e. The quantitative estimate of drug-likeness (QED) is 0.376. The standard InChI is InChI=1S/C18H21N3O9/c1-10(4-7-22)13(25)19-16(28)20(14(26)11(2)5-8-23)18(30)21(17(19)29)15(27)12(3)6-9-24/h22-24H,1-9H2. The lowest BCUT2D eigenvalue weighted by Gasteiger charge is -2.13. The summed E-state index contributed by atoms with van der Waals surface area (Å²) in [4.78, 5) is 75.5. The molecule has 1 rings (SSSR count). The summed E-state index contributed by atoms with van der Waals surface area (Å²) in [6, 6.07) is 0. The molecule has 0 spiro atoms. The molecule has 3 N–H and O–H groups in total. The molecule has 0 aliphatic rings. The van der Waals surface area contributed by atoms with Gasteiger partial charge in [0, 0.05) is 55.8 Å². The Hall–Kier alpha value is -3.48. The predicted octanol–water partition coefficient (Wildman–Crippen LogP) is -2.09. The second-order valence-electron chi connectivity index (χ2n) is 6.00. The SMILES string of the molecule is C=C(CCO)C(=O)n1c(=O)n(C(=O)C(=C)CCO)c(=O)n(C(=O)C(=C)CCO)c1=O. The van der Waals surface area contributed by atoms with Gasteiger partial charge >= 0.3 is 17.1 Å². The van der Waals surface area contributed by atoms with Gasteiger partial charge < -0.3 is 15.3 Å². The number of nitrogens with zero attached hydrogens (tertiary/aromatic N) is 3. The number of aromatic nitrogens is 3. The van der Waals surface area contributed by atoms with E-state index in [1.807, 2.05) is 0 Å². The zero-order valence-corrected chi connectivity index (χ0v) is 16.0. The Labute approximate surface area is 168 Å². The number of aliphatic hydroxyl groups excluding tert-OH is 3. The molecule has 0 fully saturated rings. The van der Waals surface area contributed by atoms with E-state index in [0.717, 1.165) is 0 Å². The summed E-state index contributed by atoms with van der Waals surface area (Å²) in [5.74, 6) is -4.03. The minimum absolute atomic E-state index is 0.145. The van der Waals surface area contributed by atoms with Crippen molar-refractivity contribution < 1.29 is 29.7 Å². The summed E-state index contributed by atoms with van der Waals surface area (Å²) in [7, 11) is 0. The van der Waals surface area contributed by atoms with Crippen LogP contribution in [0.2, 0.25) is 0 Å². The molecule has 30 heavy (non-hydrogen) atoms. The van der Waals surface area contributed by atoms with Crippen molar-refractivity contribution in [2.75, 3.05) is 19.8 Å². The van der Waals surface area contributed by atoms with Crippen LogP contribution in [0.4, 0.5) is 0 Å². The van der Waals surface area contributed by atoms with Crippen LogP contribution < -0.4 is 17.1 Å². The first kappa shape index (κ1) is 24.6. The molecule has 0 radical (unpaired) electrons. The van der Waals surface area contributed by atoms with E-state index in [-0.39, 0.29) is 33.0 Å². The second-order valence-corrected chi connectivity index (χ2v) is 6.00. The zero-order valence-electron chi connectivity index (χ0n) is 16.0. The van der Waals surface area contributed by atoms with Crippen molar-refractivity contribution in [3.05, 3.63) is 67.9 Å². The molecular formula is C18H21N3O9. The fourth-order valence-corrected chi connectivity index (χ4v) is 2.27. The van der Waals surface area contributed by atoms with Crippen LogP contribution >= 0.6 is 0 Å². The molecule has 0 unspecified atom stereocenters. The molecule has 162 valence electrons. The van der Waals surface area contributed by atoms with Gasteiger partial charge in [-0.2, -0.15) is 13.7 Å². The summed E-state index contributed by atoms with van der Waals surface area (Å²) in [6.07, 6.45) is -0.999. The van der Waals surface area contributed by atoms with Gasteiger partial charge in [-0.25, -0.2) is 14.4 Å². The molecule has 12 nitrogen and oxygen atoms in total. The number of rotatable bonds is 9. The van der Waals surface area contributed by atoms with E-state index in [9.17, 15) is 28.8 Å². The van der Waals surface area contributed by atoms with Gasteiger partial charge in [-0.15, -0.1) is 0 Å². The van der Waals surface area contributed by atoms with E-state index in [4.69, 9.17) is 15.3 Å². The van der Waals surface area contributed by atoms with Crippen LogP contribution in [0.25, 0.3) is 0 Å². The number of aliphatic hydroxyl groups is 3. The van der Waals surface area contributed by atoms with E-state index in [0.29, 0.717) is 0 Å². The molecule has 0 atom stereocenters. The van der Waals surface area contributed by atoms with Crippen molar-refractivity contribution in [3.8, 4) is 0 Å². The first-order chi connectivity index (χ1) is 14.0. The van der Waals surface area contributed by atoms with Gasteiger partial charge in [-0.05, 0) is 0 Å². The molecular weight excluding hydrogens is 402 g/mol. The van der Waals surface area contributed by atoms with Gasteiger partial charge in [0.15, 0.2) is 0 Å². The van der Waals surface area contributed by atoms with Crippen molar-refractivity contribution in [1.29, 1.82) is 0 Å². The Bertz CT molecular complexity index is 933. The number of carbonyl (C=O) groups is 3. The van der Waals surface area contributed by atoms with E-state index in [1.54, 1.807) is 0 Å². The van der Waals surface area contributed by atoms with Gasteiger partial charge in [-0.3, -0.25) is 14.4 Å². The van der Waals surface area contributed by atoms with Gasteiger partial charge in [0.25, 0.3) is 17.7 Å². The highest BCUT2D eigenvalue weighted by Crippen LogP contribution is 2.02. The monoisotopic (exact) mass is 423 g/mol. The maximum atomic E-state index is 12.7. The van der Waals surface area contributed by atoms with E-state index in [2.05, 4.69) is 19.7 Å². The number of hydrogen-bond acceptors (Lipinski definition) is 9. The fraction of sp³-hybridized carbons (Fsp3) is 0.333. The van der Waals surface area contributed by atoms with Crippen molar-refractivity contribution >= 4 is 17.7 Å². The first-order valence-corrected chi connectivity index (χ1v) is 8.56. The van der Waals surface area contributed by atoms with Crippen LogP contribution in [0, 0.1) is 0 Å². The van der Waals surface area contributed by atoms with Crippen molar-refractivity contribution in [3.63, 3.8) is 0 Å². The highest BCUT2D eigenvalue weighted by atomic mass is 16.3. The van der Waals surface area contributed by atoms with Crippen LogP contribution in [0.15, 0.2) is 50.8 Å². The molecule has 0 saturated carbocycles. The molecule has 12 heteroatoms. The summed E-state index contributed by atoms with van der Waals surface area (Å²) in [5.41, 5.74) is -6.23. The van der Waals surface area contributed by atoms with Crippen LogP contribution in [0.3, 0.4) is 0 Å². The van der Waals surface area contributed by atoms with Crippen molar-refractivity contribution in [1.82, 2.24) is 13.7 Å². The van der Waals surface area contributed by atoms with E-state index < -0.39 is 71.3 Å². The molecule has 0 aliphatic carbocycles. The molecule has 0 aromatic carbocycles. The number of carbonyl (C=O) groups excluding carboxylic acids is 3. The molecule has 0 bridgehead atoms. The minimum Gasteiger partial charge on any atom is -0.396 e. The zero-order chi connectivity index (χ0) is 23.2. The summed E-state index contributed by atoms with van der Waals surface area (Å²) < 4.78 is -0.436. The molecule has 0 saturated heterocycles. The highest BCUT2D eigenvalue weighted by molar-refractivity contribution is 5.98. The van der Waals surface area contributed by atoms with Crippen LogP contribution in [-0.4, -0.2) is 66.6 Å². The average molecular weight is 423 g/mol. The van der Waals surface area contributed by atoms with Crippen molar-refractivity contribution in [2.24, 2.45) is 0 Å². The lowest BCUT2D eigenvalue weighted by Crippen LogP contribution is -2.59. The Morgan fingerprint density at radius 2 is 0.767 bits per heavy atom. The third-order valence-corrected chi connectivity index (χ3v) is 3.91. The second kappa shape index (κ2) is 10.3. The van der Waals surface area contributed by atoms with Crippen LogP contribution in [0.5, 0.6) is 0 Å². The Kier molecular flexibility index (Phi) is 8.46. The Morgan fingerprint density at radius 1 is 0.567 bits per heavy atom. The molecule has 0 aliphatic heterocycles. The molecule has 0 amide bonds. The Morgan fingerprint density at radius 3 is 0.933 bits per heavy atom. The predicted molar refractivity (Wildman–Crippen MR) is 104 cm³/mol. The van der Waals surface area contributed by atoms with E-state index in [1.165, 1.54) is 0 Å². The normalized spacial score (nSPS) is 10.5. The molecule has 1 aromatic rings. The third kappa shape index (κ3) is 4.74. The fourth-order valence-electron chi connectivity index (χ4n) is 2.27. The largest absolute Gasteiger partial charge is 0.396 e. The third-order valence-electron chi connectivity index (χ3n) is 3.91. The van der Waals surface area contributed by atoms with E-state index >= 15 is 0 Å². The van der Waals surface area contributed by atoms with Gasteiger partial charge in [0.1, 0.15) is 0 Å². The minimum atomic E-state index is -1.67. The van der Waals surface area contributed by atoms with Crippen LogP contribution in [-0.2, 0) is 0 Å². The Balaban J connectivity index is 3.98. The summed E-state index contributed by atoms with van der Waals surface area (Å²) >= 11 is 0. The van der Waals surface area contributed by atoms with Gasteiger partial charge in [0.05, 0.1) is 0 Å². The lowest BCUT2D eigenvalue weighted by molar-refractivity contribution is 0.0884.